The zero-order valence-corrected chi connectivity index (χ0v) is 24.2. The van der Waals surface area contributed by atoms with Gasteiger partial charge in [0.2, 0.25) is 0 Å². The number of carbonyl (C=O) groups excluding carboxylic acids is 1. The summed E-state index contributed by atoms with van der Waals surface area (Å²) in [7, 11) is 0. The summed E-state index contributed by atoms with van der Waals surface area (Å²) in [6, 6.07) is 11.9. The van der Waals surface area contributed by atoms with Crippen molar-refractivity contribution < 1.29 is 19.2 Å². The molecule has 6 rings (SSSR count). The average Bonchev–Trinajstić information content (AvgIpc) is 3.05. The van der Waals surface area contributed by atoms with Gasteiger partial charge in [-0.3, -0.25) is 4.79 Å². The molecule has 2 aromatic carbocycles. The number of carbonyl (C=O) groups is 1. The molecule has 1 amide bonds. The van der Waals surface area contributed by atoms with Crippen LogP contribution in [0, 0.1) is 11.8 Å². The number of hydrogen-bond acceptors (Lipinski definition) is 5. The molecule has 2 bridgehead atoms. The molecule has 6 nitrogen and oxygen atoms in total. The third-order valence-electron chi connectivity index (χ3n) is 9.64. The van der Waals surface area contributed by atoms with E-state index in [1.54, 1.807) is 6.07 Å². The van der Waals surface area contributed by atoms with E-state index in [4.69, 9.17) is 16.3 Å². The molecule has 4 aliphatic rings. The second-order valence-corrected chi connectivity index (χ2v) is 14.2. The predicted octanol–water partition coefficient (Wildman–Crippen LogP) is 5.56. The van der Waals surface area contributed by atoms with Crippen LogP contribution in [-0.2, 0) is 23.2 Å². The minimum Gasteiger partial charge on any atom is -0.593 e. The Bertz CT molecular complexity index is 1230. The van der Waals surface area contributed by atoms with E-state index in [0.29, 0.717) is 18.1 Å². The maximum absolute atomic E-state index is 13.2. The van der Waals surface area contributed by atoms with Crippen molar-refractivity contribution >= 4 is 34.6 Å². The Morgan fingerprint density at radius 1 is 1.13 bits per heavy atom. The van der Waals surface area contributed by atoms with Crippen LogP contribution in [0.3, 0.4) is 0 Å². The molecule has 0 aromatic heterocycles. The van der Waals surface area contributed by atoms with Crippen molar-refractivity contribution in [2.24, 2.45) is 11.8 Å². The van der Waals surface area contributed by atoms with E-state index in [-0.39, 0.29) is 28.6 Å². The number of aliphatic hydroxyl groups is 1. The molecule has 0 saturated heterocycles. The van der Waals surface area contributed by atoms with Crippen LogP contribution in [0.25, 0.3) is 0 Å². The summed E-state index contributed by atoms with van der Waals surface area (Å²) in [6.07, 6.45) is 8.29. The maximum Gasteiger partial charge on any atom is 0.292 e. The van der Waals surface area contributed by atoms with Crippen molar-refractivity contribution in [3.8, 4) is 5.75 Å². The number of ether oxygens (including phenoxy) is 1. The third kappa shape index (κ3) is 5.40. The van der Waals surface area contributed by atoms with Gasteiger partial charge in [-0.2, -0.15) is 4.72 Å². The highest BCUT2D eigenvalue weighted by Gasteiger charge is 2.44. The highest BCUT2D eigenvalue weighted by atomic mass is 35.5. The van der Waals surface area contributed by atoms with Gasteiger partial charge in [0.05, 0.1) is 29.8 Å². The summed E-state index contributed by atoms with van der Waals surface area (Å²) >= 11 is 4.92. The molecule has 5 unspecified atom stereocenters. The van der Waals surface area contributed by atoms with E-state index in [1.165, 1.54) is 11.1 Å². The number of aliphatic hydroxyl groups excluding tert-OH is 1. The Morgan fingerprint density at radius 2 is 1.97 bits per heavy atom. The first-order chi connectivity index (χ1) is 18.8. The summed E-state index contributed by atoms with van der Waals surface area (Å²) < 4.78 is 22.1. The van der Waals surface area contributed by atoms with Gasteiger partial charge in [0.25, 0.3) is 5.91 Å². The number of anilines is 1. The minimum absolute atomic E-state index is 0.143. The van der Waals surface area contributed by atoms with Gasteiger partial charge in [0.1, 0.15) is 11.0 Å². The Labute approximate surface area is 239 Å². The van der Waals surface area contributed by atoms with Gasteiger partial charge in [-0.15, -0.1) is 0 Å². The van der Waals surface area contributed by atoms with Crippen molar-refractivity contribution in [1.29, 1.82) is 0 Å². The molecule has 8 heteroatoms. The van der Waals surface area contributed by atoms with Crippen molar-refractivity contribution in [3.63, 3.8) is 0 Å². The number of benzene rings is 2. The first-order valence-corrected chi connectivity index (χ1v) is 16.1. The lowest BCUT2D eigenvalue weighted by atomic mass is 9.68. The second kappa shape index (κ2) is 11.2. The monoisotopic (exact) mass is 570 g/mol. The van der Waals surface area contributed by atoms with E-state index in [1.807, 2.05) is 25.1 Å². The molecule has 2 aliphatic carbocycles. The fraction of sp³-hybridized carbons (Fsp3) is 0.581. The smallest absolute Gasteiger partial charge is 0.292 e. The standard InChI is InChI=1S/C31H39ClN2O4S/c1-20-5-2-3-7-28(35)25-11-8-23(25)17-34-18-31(14-4-6-21-15-24(32)10-12-26(21)31)19-38-29-13-9-22(16-27(29)34)30(36)33-39(20)37/h9-10,12-13,15-16,20,23,25,28,35H,2-8,11,14,17-19H2,1H3,(H,33,36)/t20-,23?,25?,28?,31?,39?/m0/s1. The van der Waals surface area contributed by atoms with Crippen LogP contribution in [0.15, 0.2) is 36.4 Å². The van der Waals surface area contributed by atoms with Crippen LogP contribution in [0.5, 0.6) is 5.75 Å². The Balaban J connectivity index is 1.39. The van der Waals surface area contributed by atoms with Crippen LogP contribution >= 0.6 is 11.6 Å². The third-order valence-corrected chi connectivity index (χ3v) is 11.2. The topological polar surface area (TPSA) is 84.9 Å². The number of aryl methyl sites for hydroxylation is 1. The lowest BCUT2D eigenvalue weighted by Gasteiger charge is -2.45. The highest BCUT2D eigenvalue weighted by molar-refractivity contribution is 7.90. The zero-order valence-electron chi connectivity index (χ0n) is 22.7. The van der Waals surface area contributed by atoms with E-state index < -0.39 is 11.4 Å². The maximum atomic E-state index is 13.2. The first kappa shape index (κ1) is 27.3. The van der Waals surface area contributed by atoms with Crippen LogP contribution in [0.2, 0.25) is 5.02 Å². The molecule has 1 saturated carbocycles. The Morgan fingerprint density at radius 3 is 2.79 bits per heavy atom. The van der Waals surface area contributed by atoms with E-state index in [9.17, 15) is 14.5 Å². The number of nitrogens with one attached hydrogen (secondary N) is 1. The molecule has 2 N–H and O–H groups in total. The summed E-state index contributed by atoms with van der Waals surface area (Å²) in [4.78, 5) is 15.6. The molecule has 1 fully saturated rings. The quantitative estimate of drug-likeness (QED) is 0.405. The van der Waals surface area contributed by atoms with Crippen molar-refractivity contribution in [2.75, 3.05) is 24.6 Å². The number of halogens is 1. The number of fused-ring (bicyclic) bond motifs is 4. The molecule has 2 heterocycles. The normalized spacial score (nSPS) is 33.2. The molecule has 2 aliphatic heterocycles. The van der Waals surface area contributed by atoms with E-state index in [0.717, 1.165) is 87.3 Å². The fourth-order valence-electron chi connectivity index (χ4n) is 7.22. The Hall–Kier alpha value is -1.93. The van der Waals surface area contributed by atoms with Crippen molar-refractivity contribution in [1.82, 2.24) is 4.72 Å². The van der Waals surface area contributed by atoms with Gasteiger partial charge in [-0.1, -0.05) is 24.1 Å². The molecule has 0 radical (unpaired) electrons. The van der Waals surface area contributed by atoms with Gasteiger partial charge in [-0.25, -0.2) is 0 Å². The van der Waals surface area contributed by atoms with Gasteiger partial charge in [0.15, 0.2) is 0 Å². The van der Waals surface area contributed by atoms with E-state index >= 15 is 0 Å². The van der Waals surface area contributed by atoms with E-state index in [2.05, 4.69) is 21.8 Å². The largest absolute Gasteiger partial charge is 0.593 e. The first-order valence-electron chi connectivity index (χ1n) is 14.5. The minimum atomic E-state index is -1.47. The summed E-state index contributed by atoms with van der Waals surface area (Å²) in [5, 5.41) is 11.7. The summed E-state index contributed by atoms with van der Waals surface area (Å²) in [6.45, 7) is 4.08. The number of hydrogen-bond donors (Lipinski definition) is 2. The molecule has 6 atom stereocenters. The SMILES string of the molecule is C[C@H]1CCCCC(O)C2CCC2CN2CC3(CCCc4cc(Cl)ccc43)COc3ccc(cc32)C(=O)N[S+]1[O-]. The van der Waals surface area contributed by atoms with Crippen LogP contribution in [0.4, 0.5) is 5.69 Å². The average molecular weight is 571 g/mol. The fourth-order valence-corrected chi connectivity index (χ4v) is 8.30. The summed E-state index contributed by atoms with van der Waals surface area (Å²) in [5.74, 6) is 1.14. The Kier molecular flexibility index (Phi) is 7.79. The zero-order chi connectivity index (χ0) is 27.1. The number of nitrogens with zero attached hydrogens (tertiary/aromatic N) is 1. The molecular formula is C31H39ClN2O4S. The predicted molar refractivity (Wildman–Crippen MR) is 156 cm³/mol. The molecule has 39 heavy (non-hydrogen) atoms. The van der Waals surface area contributed by atoms with Crippen molar-refractivity contribution in [3.05, 3.63) is 58.1 Å². The number of amides is 1. The van der Waals surface area contributed by atoms with Crippen molar-refractivity contribution in [2.45, 2.75) is 81.5 Å². The molecular weight excluding hydrogens is 532 g/mol. The second-order valence-electron chi connectivity index (χ2n) is 12.2. The highest BCUT2D eigenvalue weighted by Crippen LogP contribution is 2.47. The van der Waals surface area contributed by atoms with Gasteiger partial charge >= 0.3 is 0 Å². The van der Waals surface area contributed by atoms with Crippen LogP contribution in [-0.4, -0.2) is 46.6 Å². The summed E-state index contributed by atoms with van der Waals surface area (Å²) in [5.41, 5.74) is 3.82. The molecule has 210 valence electrons. The van der Waals surface area contributed by atoms with Gasteiger partial charge in [-0.05, 0) is 112 Å². The molecule has 2 aromatic rings. The van der Waals surface area contributed by atoms with Gasteiger partial charge in [0, 0.05) is 29.1 Å². The molecule has 1 spiro atoms. The lowest BCUT2D eigenvalue weighted by molar-refractivity contribution is 0.00904. The van der Waals surface area contributed by atoms with Gasteiger partial charge < -0.3 is 19.3 Å². The van der Waals surface area contributed by atoms with Crippen LogP contribution in [0.1, 0.15) is 79.8 Å². The number of rotatable bonds is 0. The lowest BCUT2D eigenvalue weighted by Crippen LogP contribution is -2.49. The van der Waals surface area contributed by atoms with Crippen LogP contribution < -0.4 is 14.4 Å².